The Labute approximate surface area is 621 Å². The Morgan fingerprint density at radius 2 is 1.10 bits per heavy atom. The average molecular weight is 1760 g/mol. The number of nitrogens with two attached hydrogens (primary N) is 1. The molecule has 1 aliphatic rings. The molecular formula is C69H120IN11O18PoS. The van der Waals surface area contributed by atoms with Gasteiger partial charge in [-0.15, -0.1) is 0 Å². The van der Waals surface area contributed by atoms with Gasteiger partial charge in [0.05, 0.1) is 28.3 Å². The molecule has 0 saturated heterocycles. The number of alkyl carbamates (subject to hydrolysis) is 1. The zero-order chi connectivity index (χ0) is 77.9. The maximum absolute atomic E-state index is 15.1. The molecule has 11 N–H and O–H groups in total. The van der Waals surface area contributed by atoms with E-state index in [4.69, 9.17) is 36.9 Å². The summed E-state index contributed by atoms with van der Waals surface area (Å²) in [5.74, 6) is -7.36. The van der Waals surface area contributed by atoms with Gasteiger partial charge in [0.1, 0.15) is 41.1 Å². The van der Waals surface area contributed by atoms with E-state index in [-0.39, 0.29) is 56.3 Å². The van der Waals surface area contributed by atoms with E-state index >= 15 is 4.79 Å². The molecule has 0 bridgehead atoms. The van der Waals surface area contributed by atoms with Gasteiger partial charge in [0, 0.05) is 6.54 Å². The minimum Gasteiger partial charge on any atom is -0.370 e. The van der Waals surface area contributed by atoms with Crippen LogP contribution in [0.2, 0.25) is 0 Å². The second kappa shape index (κ2) is 39.2. The van der Waals surface area contributed by atoms with E-state index in [1.165, 1.54) is 6.92 Å². The largest absolute Gasteiger partial charge is 0.370 e. The molecule has 1 aromatic rings. The van der Waals surface area contributed by atoms with Crippen LogP contribution in [-0.2, 0) is 81.3 Å². The molecule has 0 spiro atoms. The Morgan fingerprint density at radius 1 is 0.614 bits per heavy atom. The Kier molecular flexibility index (Phi) is 35.6. The van der Waals surface area contributed by atoms with Gasteiger partial charge in [0.15, 0.2) is 0 Å². The fraction of sp³-hybridized carbons (Fsp3) is 0.768. The number of rotatable bonds is 35. The SMILES string of the molecule is CC[C@H](C)[C@H](NC(=O)[C@@H](CCCN=C(N)NS(=O)(=O)c1c(C)c(C)c2c(c1C)CCC(C)(C)O2)NC(=O)[C@H](CC(C)C)NC(=O)[C@@H](NC(=O)OC(C)(C)C)[C@@H](C)OC(C)(C)C)C(=O)N[C@H](C(=O)NCC(=O)N[C@@H](COC(C)(C)C)C(=O)N[C@@H](COC(C)(C)C)C(=O)[O][Po][I])[C@H](C)OC(C)(C)C. The van der Waals surface area contributed by atoms with E-state index in [0.717, 1.165) is 5.56 Å². The number of amides is 8. The summed E-state index contributed by atoms with van der Waals surface area (Å²) in [6.45, 7) is 43.8. The van der Waals surface area contributed by atoms with Crippen molar-refractivity contribution < 1.29 is 82.8 Å². The molecule has 1 aromatic carbocycles. The molecule has 10 atom stereocenters. The summed E-state index contributed by atoms with van der Waals surface area (Å²) in [7, 11) is -4.32. The third-order valence-corrected chi connectivity index (χ3v) is 19.7. The number of hydrogen-bond acceptors (Lipinski definition) is 19. The number of hydrogen-bond donors (Lipinski definition) is 10. The van der Waals surface area contributed by atoms with Crippen molar-refractivity contribution in [3.8, 4) is 5.75 Å². The molecule has 1 heterocycles. The van der Waals surface area contributed by atoms with Crippen molar-refractivity contribution in [2.24, 2.45) is 22.6 Å². The third kappa shape index (κ3) is 33.2. The van der Waals surface area contributed by atoms with Gasteiger partial charge in [-0.05, 0) is 177 Å². The number of ether oxygens (including phenoxy) is 6. The Hall–Kier alpha value is -5.26. The van der Waals surface area contributed by atoms with Crippen LogP contribution in [0.3, 0.4) is 0 Å². The molecule has 0 radical (unpaired) electrons. The number of nitrogens with one attached hydrogen (secondary N) is 9. The van der Waals surface area contributed by atoms with Gasteiger partial charge in [-0.2, -0.15) is 0 Å². The van der Waals surface area contributed by atoms with E-state index < -0.39 is 190 Å². The molecule has 29 nitrogen and oxygen atoms in total. The summed E-state index contributed by atoms with van der Waals surface area (Å²) in [4.78, 5) is 132. The van der Waals surface area contributed by atoms with Crippen molar-refractivity contribution in [2.75, 3.05) is 26.3 Å². The summed E-state index contributed by atoms with van der Waals surface area (Å²) in [5.41, 5.74) is 4.19. The minimum absolute atomic E-state index is 0.0246. The molecule has 0 aliphatic carbocycles. The van der Waals surface area contributed by atoms with Gasteiger partial charge >= 0.3 is 206 Å². The molecular weight excluding hydrogens is 1640 g/mol. The molecule has 0 unspecified atom stereocenters. The Balaban J connectivity index is 2.70. The normalized spacial score (nSPS) is 16.7. The molecule has 1 aliphatic heterocycles. The van der Waals surface area contributed by atoms with Gasteiger partial charge in [-0.25, -0.2) is 17.9 Å². The first-order chi connectivity index (χ1) is 46.0. The van der Waals surface area contributed by atoms with Crippen molar-refractivity contribution >= 4 is 107 Å². The van der Waals surface area contributed by atoms with Gasteiger partial charge in [0.25, 0.3) is 10.0 Å². The number of carbonyl (C=O) groups is 9. The zero-order valence-corrected chi connectivity index (χ0v) is 70.6. The minimum atomic E-state index is -4.32. The summed E-state index contributed by atoms with van der Waals surface area (Å²) in [6, 6.07) is -9.81. The predicted octanol–water partition coefficient (Wildman–Crippen LogP) is 5.65. The van der Waals surface area contributed by atoms with Crippen LogP contribution in [0.15, 0.2) is 9.89 Å². The van der Waals surface area contributed by atoms with Crippen molar-refractivity contribution in [2.45, 2.75) is 312 Å². The summed E-state index contributed by atoms with van der Waals surface area (Å²) in [6.07, 6.45) is -1.65. The molecule has 32 heteroatoms. The maximum Gasteiger partial charge on any atom is 0.0846 e. The second-order valence-corrected chi connectivity index (χ2v) is 37.6. The number of benzene rings is 1. The predicted molar refractivity (Wildman–Crippen MR) is 394 cm³/mol. The topological polar surface area (TPSA) is 399 Å². The number of nitrogens with zero attached hydrogens (tertiary/aromatic N) is 1. The molecule has 2 rings (SSSR count). The van der Waals surface area contributed by atoms with Crippen molar-refractivity contribution in [3.63, 3.8) is 0 Å². The van der Waals surface area contributed by atoms with Crippen LogP contribution in [0, 0.1) is 32.6 Å². The van der Waals surface area contributed by atoms with Crippen LogP contribution in [-0.4, -0.2) is 202 Å². The number of carbonyl (C=O) groups excluding carboxylic acids is 9. The van der Waals surface area contributed by atoms with Crippen molar-refractivity contribution in [3.05, 3.63) is 22.3 Å². The molecule has 101 heavy (non-hydrogen) atoms. The summed E-state index contributed by atoms with van der Waals surface area (Å²) < 4.78 is 72.0. The number of sulfonamides is 1. The van der Waals surface area contributed by atoms with Gasteiger partial charge in [-0.1, -0.05) is 34.1 Å². The van der Waals surface area contributed by atoms with Crippen LogP contribution in [0.4, 0.5) is 4.79 Å². The van der Waals surface area contributed by atoms with Crippen LogP contribution in [0.5, 0.6) is 5.75 Å². The molecule has 578 valence electrons. The summed E-state index contributed by atoms with van der Waals surface area (Å²) >= 11 is 0.477. The number of fused-ring (bicyclic) bond motifs is 1. The van der Waals surface area contributed by atoms with E-state index in [1.54, 1.807) is 145 Å². The maximum atomic E-state index is 15.1. The van der Waals surface area contributed by atoms with Gasteiger partial charge < -0.3 is 51.3 Å². The fourth-order valence-electron chi connectivity index (χ4n) is 10.6. The van der Waals surface area contributed by atoms with E-state index in [9.17, 15) is 46.8 Å². The van der Waals surface area contributed by atoms with E-state index in [0.29, 0.717) is 35.3 Å². The monoisotopic (exact) mass is 1760 g/mol. The smallest absolute Gasteiger partial charge is 0.0846 e. The third-order valence-electron chi connectivity index (χ3n) is 15.6. The second-order valence-electron chi connectivity index (χ2n) is 31.7. The molecule has 0 aromatic heterocycles. The molecule has 8 amide bonds. The van der Waals surface area contributed by atoms with E-state index in [1.807, 2.05) is 45.6 Å². The first-order valence-electron chi connectivity index (χ1n) is 34.4. The average Bonchev–Trinajstić information content (AvgIpc) is 0.746. The first kappa shape index (κ1) is 91.8. The quantitative estimate of drug-likeness (QED) is 0.0170. The summed E-state index contributed by atoms with van der Waals surface area (Å²) in [5, 5.41) is 21.4. The Morgan fingerprint density at radius 3 is 1.60 bits per heavy atom. The fourth-order valence-corrected chi connectivity index (χ4v) is 14.3. The van der Waals surface area contributed by atoms with Crippen molar-refractivity contribution in [1.82, 2.24) is 47.3 Å². The standard InChI is InChI=1S/C69H121N11O18S.HI.Po/c1-27-38(4)50(59(86)78-51(42(8)95-66(16,17)18)58(85)72-34-49(81)73-47(35-93-64(10,11)12)57(84)76-48(61(88)89)36-94-65(13,14)15)77-55(82)45(29-28-32-71-62(70)80-99(91,92)54-40(6)39(5)53-44(41(54)7)30-31-69(25,26)97-53)74-56(83)46(33-37(2)3)75-60(87)52(43(9)96-67(19,20)21)79-63(90)98-68(22,23)24;;/h37-38,42-43,45-48,50-52H,27-36H2,1-26H3,(H,72,85)(H,73,81)(H,74,83)(H,75,87)(H,76,84)(H,77,82)(H,78,86)(H,79,90)(H,88,89)(H3,70,71,80);1H;/q;;+2/p-2/t38-,42-,43+,45+,46-,47-,48-,50-,51-,52-;;/m0../s1. The molecule has 0 saturated carbocycles. The van der Waals surface area contributed by atoms with E-state index in [2.05, 4.69) is 52.2 Å². The van der Waals surface area contributed by atoms with Crippen LogP contribution in [0.25, 0.3) is 0 Å². The first-order valence-corrected chi connectivity index (χ1v) is 46.1. The Bertz CT molecular complexity index is 3170. The number of aliphatic imine (C=N–C) groups is 1. The van der Waals surface area contributed by atoms with Crippen LogP contribution in [0.1, 0.15) is 214 Å². The van der Waals surface area contributed by atoms with Gasteiger partial charge in [0.2, 0.25) is 29.6 Å². The molecule has 0 fully saturated rings. The van der Waals surface area contributed by atoms with Gasteiger partial charge in [-0.3, -0.25) is 24.2 Å². The zero-order valence-electron chi connectivity index (χ0n) is 64.5. The van der Waals surface area contributed by atoms with Crippen molar-refractivity contribution in [1.29, 1.82) is 0 Å². The van der Waals surface area contributed by atoms with Crippen LogP contribution < -0.4 is 57.7 Å². The number of guanidine groups is 1. The number of halogens is 1. The van der Waals surface area contributed by atoms with Crippen LogP contribution >= 0.6 is 18.0 Å².